The fourth-order valence-electron chi connectivity index (χ4n) is 0.667. The van der Waals surface area contributed by atoms with Crippen LogP contribution >= 0.6 is 35.3 Å². The van der Waals surface area contributed by atoms with E-state index in [1.54, 1.807) is 11.8 Å². The van der Waals surface area contributed by atoms with Gasteiger partial charge in [0.05, 0.1) is 12.5 Å². The summed E-state index contributed by atoms with van der Waals surface area (Å²) in [6, 6.07) is 0. The highest BCUT2D eigenvalue weighted by atomic mass is 32.2. The molecule has 1 amide bonds. The summed E-state index contributed by atoms with van der Waals surface area (Å²) in [5.74, 6) is 1.72. The van der Waals surface area contributed by atoms with Gasteiger partial charge in [-0.25, -0.2) is 4.79 Å². The molecule has 0 aliphatic heterocycles. The molecule has 0 radical (unpaired) electrons. The first-order chi connectivity index (χ1) is 7.81. The minimum atomic E-state index is -0.408. The van der Waals surface area contributed by atoms with Crippen molar-refractivity contribution in [3.8, 4) is 0 Å². The Labute approximate surface area is 110 Å². The van der Waals surface area contributed by atoms with Gasteiger partial charge in [0.2, 0.25) is 0 Å². The van der Waals surface area contributed by atoms with Gasteiger partial charge in [0.1, 0.15) is 0 Å². The van der Waals surface area contributed by atoms with Crippen LogP contribution in [0.15, 0.2) is 0 Å². The second kappa shape index (κ2) is 13.3. The van der Waals surface area contributed by atoms with Crippen molar-refractivity contribution in [1.29, 1.82) is 0 Å². The van der Waals surface area contributed by atoms with Gasteiger partial charge < -0.3 is 15.2 Å². The fraction of sp³-hybridized carbons (Fsp3) is 0.889. The lowest BCUT2D eigenvalue weighted by atomic mass is 10.5. The number of nitrogens with one attached hydrogen (secondary N) is 1. The van der Waals surface area contributed by atoms with Crippen LogP contribution in [0.1, 0.15) is 13.3 Å². The normalized spacial score (nSPS) is 10.1. The Balaban J connectivity index is 3.09. The van der Waals surface area contributed by atoms with E-state index >= 15 is 0 Å². The molecule has 0 aromatic heterocycles. The maximum absolute atomic E-state index is 11.0. The Hall–Kier alpha value is 0.280. The van der Waals surface area contributed by atoms with Gasteiger partial charge in [-0.1, -0.05) is 6.92 Å². The number of hydrogen-bond donors (Lipinski definition) is 2. The van der Waals surface area contributed by atoms with E-state index in [1.165, 1.54) is 0 Å². The largest absolute Gasteiger partial charge is 0.449 e. The minimum absolute atomic E-state index is 0.0494. The lowest BCUT2D eigenvalue weighted by Crippen LogP contribution is -2.24. The molecule has 0 heterocycles. The minimum Gasteiger partial charge on any atom is -0.449 e. The van der Waals surface area contributed by atoms with E-state index in [2.05, 4.69) is 12.2 Å². The predicted octanol–water partition coefficient (Wildman–Crippen LogP) is 2.19. The number of amides is 1. The van der Waals surface area contributed by atoms with Crippen molar-refractivity contribution in [2.24, 2.45) is 0 Å². The SMILES string of the molecule is CCSCSCSCNC(=O)OCCCO. The van der Waals surface area contributed by atoms with E-state index in [0.717, 1.165) is 15.9 Å². The first-order valence-electron chi connectivity index (χ1n) is 5.06. The lowest BCUT2D eigenvalue weighted by molar-refractivity contribution is 0.137. The molecular weight excluding hydrogens is 266 g/mol. The Morgan fingerprint density at radius 3 is 2.75 bits per heavy atom. The van der Waals surface area contributed by atoms with Crippen LogP contribution in [0.5, 0.6) is 0 Å². The van der Waals surface area contributed by atoms with Crippen molar-refractivity contribution in [2.45, 2.75) is 13.3 Å². The smallest absolute Gasteiger partial charge is 0.407 e. The molecule has 0 saturated heterocycles. The first-order valence-corrected chi connectivity index (χ1v) is 8.52. The summed E-state index contributed by atoms with van der Waals surface area (Å²) < 4.78 is 4.79. The van der Waals surface area contributed by atoms with E-state index in [9.17, 15) is 4.79 Å². The molecule has 7 heteroatoms. The van der Waals surface area contributed by atoms with Gasteiger partial charge in [-0.05, 0) is 5.75 Å². The lowest BCUT2D eigenvalue weighted by Gasteiger charge is -2.05. The standard InChI is InChI=1S/C9H19NO3S3/c1-2-14-7-16-8-15-6-10-9(12)13-5-3-4-11/h11H,2-8H2,1H3,(H,10,12). The van der Waals surface area contributed by atoms with Crippen LogP contribution < -0.4 is 5.32 Å². The van der Waals surface area contributed by atoms with E-state index < -0.39 is 6.09 Å². The molecule has 0 atom stereocenters. The molecule has 0 bridgehead atoms. The van der Waals surface area contributed by atoms with Crippen molar-refractivity contribution in [2.75, 3.05) is 35.0 Å². The third kappa shape index (κ3) is 12.4. The van der Waals surface area contributed by atoms with Crippen LogP contribution in [-0.4, -0.2) is 46.2 Å². The average molecular weight is 285 g/mol. The van der Waals surface area contributed by atoms with Gasteiger partial charge in [-0.2, -0.15) is 11.8 Å². The summed E-state index contributed by atoms with van der Waals surface area (Å²) in [6.45, 7) is 2.46. The summed E-state index contributed by atoms with van der Waals surface area (Å²) in [4.78, 5) is 11.0. The Morgan fingerprint density at radius 2 is 2.06 bits per heavy atom. The molecular formula is C9H19NO3S3. The molecule has 16 heavy (non-hydrogen) atoms. The number of carbonyl (C=O) groups is 1. The van der Waals surface area contributed by atoms with Crippen molar-refractivity contribution < 1.29 is 14.6 Å². The van der Waals surface area contributed by atoms with E-state index in [0.29, 0.717) is 12.3 Å². The summed E-state index contributed by atoms with van der Waals surface area (Å²) in [5, 5.41) is 13.2. The van der Waals surface area contributed by atoms with Crippen LogP contribution in [0.25, 0.3) is 0 Å². The molecule has 0 aromatic rings. The van der Waals surface area contributed by atoms with Crippen molar-refractivity contribution in [1.82, 2.24) is 5.32 Å². The zero-order valence-corrected chi connectivity index (χ0v) is 11.9. The van der Waals surface area contributed by atoms with Gasteiger partial charge in [0.25, 0.3) is 0 Å². The Bertz CT molecular complexity index is 172. The molecule has 0 unspecified atom stereocenters. The highest BCUT2D eigenvalue weighted by Gasteiger charge is 1.99. The number of hydrogen-bond acceptors (Lipinski definition) is 6. The molecule has 0 rings (SSSR count). The fourth-order valence-corrected chi connectivity index (χ4v) is 3.71. The molecule has 0 saturated carbocycles. The summed E-state index contributed by atoms with van der Waals surface area (Å²) in [6.07, 6.45) is 0.0823. The number of alkyl carbamates (subject to hydrolysis) is 1. The van der Waals surface area contributed by atoms with Gasteiger partial charge in [-0.3, -0.25) is 0 Å². The zero-order chi connectivity index (χ0) is 12.1. The number of aliphatic hydroxyl groups excluding tert-OH is 1. The van der Waals surface area contributed by atoms with Crippen molar-refractivity contribution in [3.63, 3.8) is 0 Å². The molecule has 2 N–H and O–H groups in total. The van der Waals surface area contributed by atoms with Gasteiger partial charge >= 0.3 is 6.09 Å². The summed E-state index contributed by atoms with van der Waals surface area (Å²) in [7, 11) is 0. The van der Waals surface area contributed by atoms with Gasteiger partial charge in [0, 0.05) is 23.2 Å². The second-order valence-electron chi connectivity index (χ2n) is 2.67. The molecule has 0 aliphatic rings. The first kappa shape index (κ1) is 16.3. The number of carbonyl (C=O) groups excluding carboxylic acids is 1. The molecule has 0 spiro atoms. The van der Waals surface area contributed by atoms with E-state index in [-0.39, 0.29) is 13.2 Å². The van der Waals surface area contributed by atoms with Crippen molar-refractivity contribution in [3.05, 3.63) is 0 Å². The summed E-state index contributed by atoms with van der Waals surface area (Å²) >= 11 is 5.41. The van der Waals surface area contributed by atoms with Crippen molar-refractivity contribution >= 4 is 41.4 Å². The molecule has 0 aliphatic carbocycles. The zero-order valence-electron chi connectivity index (χ0n) is 9.44. The molecule has 96 valence electrons. The molecule has 4 nitrogen and oxygen atoms in total. The number of thioether (sulfide) groups is 3. The number of ether oxygens (including phenoxy) is 1. The van der Waals surface area contributed by atoms with Crippen LogP contribution in [0.3, 0.4) is 0 Å². The maximum atomic E-state index is 11.0. The predicted molar refractivity (Wildman–Crippen MR) is 74.1 cm³/mol. The van der Waals surface area contributed by atoms with Crippen LogP contribution in [0.4, 0.5) is 4.79 Å². The summed E-state index contributed by atoms with van der Waals surface area (Å²) in [5.41, 5.74) is 0. The monoisotopic (exact) mass is 285 g/mol. The van der Waals surface area contributed by atoms with E-state index in [1.807, 2.05) is 23.5 Å². The number of rotatable bonds is 10. The highest BCUT2D eigenvalue weighted by Crippen LogP contribution is 2.16. The quantitative estimate of drug-likeness (QED) is 0.474. The second-order valence-corrected chi connectivity index (χ2v) is 6.65. The maximum Gasteiger partial charge on any atom is 0.407 e. The Kier molecular flexibility index (Phi) is 13.6. The van der Waals surface area contributed by atoms with Crippen LogP contribution in [0.2, 0.25) is 0 Å². The van der Waals surface area contributed by atoms with E-state index in [4.69, 9.17) is 9.84 Å². The van der Waals surface area contributed by atoms with Gasteiger partial charge in [0.15, 0.2) is 0 Å². The highest BCUT2D eigenvalue weighted by molar-refractivity contribution is 8.22. The molecule has 0 aromatic carbocycles. The van der Waals surface area contributed by atoms with Gasteiger partial charge in [-0.15, -0.1) is 23.5 Å². The number of aliphatic hydroxyl groups is 1. The van der Waals surface area contributed by atoms with Crippen LogP contribution in [0, 0.1) is 0 Å². The Morgan fingerprint density at radius 1 is 1.31 bits per heavy atom. The van der Waals surface area contributed by atoms with Crippen LogP contribution in [-0.2, 0) is 4.74 Å². The molecule has 0 fully saturated rings. The third-order valence-electron chi connectivity index (χ3n) is 1.39. The topological polar surface area (TPSA) is 58.6 Å². The third-order valence-corrected chi connectivity index (χ3v) is 4.82. The average Bonchev–Trinajstić information content (AvgIpc) is 2.28.